The second-order valence-electron chi connectivity index (χ2n) is 4.00. The molecular weight excluding hydrogens is 152 g/mol. The molecule has 1 atom stereocenters. The molecule has 2 nitrogen and oxygen atoms in total. The van der Waals surface area contributed by atoms with Crippen LogP contribution < -0.4 is 0 Å². The SMILES string of the molecule is C1CCC(COC[C@H]2CO2)CC1. The van der Waals surface area contributed by atoms with Crippen molar-refractivity contribution in [1.29, 1.82) is 0 Å². The Bertz CT molecular complexity index is 126. The molecule has 12 heavy (non-hydrogen) atoms. The maximum Gasteiger partial charge on any atom is 0.104 e. The Kier molecular flexibility index (Phi) is 3.01. The Morgan fingerprint density at radius 2 is 1.83 bits per heavy atom. The van der Waals surface area contributed by atoms with E-state index < -0.39 is 0 Å². The summed E-state index contributed by atoms with van der Waals surface area (Å²) in [5.41, 5.74) is 0. The minimum Gasteiger partial charge on any atom is -0.378 e. The smallest absolute Gasteiger partial charge is 0.104 e. The fraction of sp³-hybridized carbons (Fsp3) is 1.00. The van der Waals surface area contributed by atoms with Gasteiger partial charge in [0.15, 0.2) is 0 Å². The highest BCUT2D eigenvalue weighted by atomic mass is 16.6. The molecule has 70 valence electrons. The highest BCUT2D eigenvalue weighted by Crippen LogP contribution is 2.24. The fourth-order valence-corrected chi connectivity index (χ4v) is 1.88. The van der Waals surface area contributed by atoms with E-state index in [0.29, 0.717) is 6.10 Å². The van der Waals surface area contributed by atoms with Gasteiger partial charge in [0, 0.05) is 6.61 Å². The predicted octanol–water partition coefficient (Wildman–Crippen LogP) is 1.98. The first-order valence-electron chi connectivity index (χ1n) is 5.14. The van der Waals surface area contributed by atoms with E-state index >= 15 is 0 Å². The van der Waals surface area contributed by atoms with Gasteiger partial charge < -0.3 is 9.47 Å². The average Bonchev–Trinajstić information content (AvgIpc) is 2.90. The van der Waals surface area contributed by atoms with Crippen LogP contribution in [0.15, 0.2) is 0 Å². The molecule has 0 N–H and O–H groups in total. The van der Waals surface area contributed by atoms with Crippen LogP contribution in [-0.2, 0) is 9.47 Å². The van der Waals surface area contributed by atoms with Gasteiger partial charge in [0.1, 0.15) is 6.10 Å². The summed E-state index contributed by atoms with van der Waals surface area (Å²) in [7, 11) is 0. The van der Waals surface area contributed by atoms with Crippen molar-refractivity contribution in [2.75, 3.05) is 19.8 Å². The van der Waals surface area contributed by atoms with Crippen LogP contribution in [0.3, 0.4) is 0 Å². The van der Waals surface area contributed by atoms with Crippen LogP contribution in [-0.4, -0.2) is 25.9 Å². The third-order valence-corrected chi connectivity index (χ3v) is 2.78. The third kappa shape index (κ3) is 2.76. The number of ether oxygens (including phenoxy) is 2. The topological polar surface area (TPSA) is 21.8 Å². The van der Waals surface area contributed by atoms with Gasteiger partial charge in [-0.15, -0.1) is 0 Å². The van der Waals surface area contributed by atoms with Crippen LogP contribution in [0.5, 0.6) is 0 Å². The van der Waals surface area contributed by atoms with E-state index in [-0.39, 0.29) is 0 Å². The second kappa shape index (κ2) is 4.24. The highest BCUT2D eigenvalue weighted by molar-refractivity contribution is 4.69. The standard InChI is InChI=1S/C10H18O2/c1-2-4-9(5-3-1)6-11-7-10-8-12-10/h9-10H,1-8H2/t10-/m0/s1. The Morgan fingerprint density at radius 1 is 1.08 bits per heavy atom. The molecule has 1 heterocycles. The van der Waals surface area contributed by atoms with E-state index in [1.54, 1.807) is 0 Å². The maximum absolute atomic E-state index is 5.57. The summed E-state index contributed by atoms with van der Waals surface area (Å²) in [5, 5.41) is 0. The van der Waals surface area contributed by atoms with Crippen molar-refractivity contribution in [3.05, 3.63) is 0 Å². The largest absolute Gasteiger partial charge is 0.378 e. The molecule has 0 amide bonds. The van der Waals surface area contributed by atoms with Gasteiger partial charge in [-0.1, -0.05) is 19.3 Å². The first-order valence-corrected chi connectivity index (χ1v) is 5.14. The van der Waals surface area contributed by atoms with E-state index in [9.17, 15) is 0 Å². The van der Waals surface area contributed by atoms with Gasteiger partial charge in [0.25, 0.3) is 0 Å². The lowest BCUT2D eigenvalue weighted by atomic mass is 9.90. The zero-order chi connectivity index (χ0) is 8.23. The van der Waals surface area contributed by atoms with Crippen molar-refractivity contribution >= 4 is 0 Å². The summed E-state index contributed by atoms with van der Waals surface area (Å²) < 4.78 is 10.6. The highest BCUT2D eigenvalue weighted by Gasteiger charge is 2.23. The average molecular weight is 170 g/mol. The summed E-state index contributed by atoms with van der Waals surface area (Å²) in [4.78, 5) is 0. The molecule has 0 radical (unpaired) electrons. The lowest BCUT2D eigenvalue weighted by Gasteiger charge is -2.20. The van der Waals surface area contributed by atoms with Crippen LogP contribution in [0.25, 0.3) is 0 Å². The van der Waals surface area contributed by atoms with E-state index in [4.69, 9.17) is 9.47 Å². The molecule has 0 spiro atoms. The lowest BCUT2D eigenvalue weighted by molar-refractivity contribution is 0.0739. The first-order chi connectivity index (χ1) is 5.95. The monoisotopic (exact) mass is 170 g/mol. The maximum atomic E-state index is 5.57. The van der Waals surface area contributed by atoms with Crippen LogP contribution >= 0.6 is 0 Å². The molecule has 0 bridgehead atoms. The van der Waals surface area contributed by atoms with Gasteiger partial charge in [0.05, 0.1) is 13.2 Å². The van der Waals surface area contributed by atoms with Gasteiger partial charge in [-0.2, -0.15) is 0 Å². The molecule has 1 saturated carbocycles. The van der Waals surface area contributed by atoms with Gasteiger partial charge in [-0.05, 0) is 18.8 Å². The minimum absolute atomic E-state index is 0.439. The molecule has 0 aromatic carbocycles. The summed E-state index contributed by atoms with van der Waals surface area (Å²) in [5.74, 6) is 0.845. The number of hydrogen-bond donors (Lipinski definition) is 0. The van der Waals surface area contributed by atoms with Crippen molar-refractivity contribution in [2.45, 2.75) is 38.2 Å². The predicted molar refractivity (Wildman–Crippen MR) is 47.1 cm³/mol. The third-order valence-electron chi connectivity index (χ3n) is 2.78. The van der Waals surface area contributed by atoms with Crippen LogP contribution in [0.2, 0.25) is 0 Å². The lowest BCUT2D eigenvalue weighted by Crippen LogP contribution is -2.15. The van der Waals surface area contributed by atoms with Gasteiger partial charge >= 0.3 is 0 Å². The molecule has 0 unspecified atom stereocenters. The molecule has 2 heteroatoms. The van der Waals surface area contributed by atoms with E-state index in [0.717, 1.165) is 25.7 Å². The fourth-order valence-electron chi connectivity index (χ4n) is 1.88. The summed E-state index contributed by atoms with van der Waals surface area (Å²) in [6, 6.07) is 0. The van der Waals surface area contributed by atoms with Crippen molar-refractivity contribution in [3.63, 3.8) is 0 Å². The Morgan fingerprint density at radius 3 is 2.50 bits per heavy atom. The normalized spacial score (nSPS) is 30.5. The molecule has 2 aliphatic rings. The molecular formula is C10H18O2. The van der Waals surface area contributed by atoms with Gasteiger partial charge in [-0.25, -0.2) is 0 Å². The molecule has 1 aliphatic carbocycles. The number of rotatable bonds is 4. The number of epoxide rings is 1. The zero-order valence-electron chi connectivity index (χ0n) is 7.63. The zero-order valence-corrected chi connectivity index (χ0v) is 7.63. The number of hydrogen-bond acceptors (Lipinski definition) is 2. The Balaban J connectivity index is 1.52. The van der Waals surface area contributed by atoms with E-state index in [1.807, 2.05) is 0 Å². The van der Waals surface area contributed by atoms with Crippen molar-refractivity contribution in [3.8, 4) is 0 Å². The summed E-state index contributed by atoms with van der Waals surface area (Å²) >= 11 is 0. The minimum atomic E-state index is 0.439. The molecule has 2 fully saturated rings. The van der Waals surface area contributed by atoms with Crippen molar-refractivity contribution in [2.24, 2.45) is 5.92 Å². The van der Waals surface area contributed by atoms with Crippen molar-refractivity contribution < 1.29 is 9.47 Å². The molecule has 0 aromatic heterocycles. The Hall–Kier alpha value is -0.0800. The first kappa shape index (κ1) is 8.52. The van der Waals surface area contributed by atoms with Gasteiger partial charge in [0.2, 0.25) is 0 Å². The van der Waals surface area contributed by atoms with Crippen LogP contribution in [0.4, 0.5) is 0 Å². The summed E-state index contributed by atoms with van der Waals surface area (Å²) in [6.07, 6.45) is 7.45. The second-order valence-corrected chi connectivity index (χ2v) is 4.00. The molecule has 2 rings (SSSR count). The van der Waals surface area contributed by atoms with Crippen LogP contribution in [0, 0.1) is 5.92 Å². The van der Waals surface area contributed by atoms with Crippen LogP contribution in [0.1, 0.15) is 32.1 Å². The Labute approximate surface area is 74.2 Å². The summed E-state index contributed by atoms with van der Waals surface area (Å²) in [6.45, 7) is 2.72. The molecule has 1 aliphatic heterocycles. The van der Waals surface area contributed by atoms with Gasteiger partial charge in [-0.3, -0.25) is 0 Å². The molecule has 0 aromatic rings. The van der Waals surface area contributed by atoms with E-state index in [2.05, 4.69) is 0 Å². The quantitative estimate of drug-likeness (QED) is 0.602. The van der Waals surface area contributed by atoms with E-state index in [1.165, 1.54) is 32.1 Å². The molecule has 1 saturated heterocycles. The van der Waals surface area contributed by atoms with Crippen molar-refractivity contribution in [1.82, 2.24) is 0 Å².